The summed E-state index contributed by atoms with van der Waals surface area (Å²) in [5, 5.41) is 11.0. The van der Waals surface area contributed by atoms with Crippen LogP contribution in [0.4, 0.5) is 34.1 Å². The summed E-state index contributed by atoms with van der Waals surface area (Å²) >= 11 is 12.5. The van der Waals surface area contributed by atoms with Crippen LogP contribution in [-0.4, -0.2) is 0 Å². The van der Waals surface area contributed by atoms with Crippen molar-refractivity contribution in [2.45, 2.75) is 33.1 Å². The minimum atomic E-state index is -0.564. The molecule has 0 aliphatic heterocycles. The van der Waals surface area contributed by atoms with Gasteiger partial charge in [-0.25, -0.2) is 0 Å². The van der Waals surface area contributed by atoms with Crippen LogP contribution in [0, 0.1) is 25.2 Å². The monoisotopic (exact) mass is 651 g/mol. The molecule has 3 nitrogen and oxygen atoms in total. The lowest BCUT2D eigenvalue weighted by Crippen LogP contribution is -2.14. The second-order valence-corrected chi connectivity index (χ2v) is 13.2. The average Bonchev–Trinajstić information content (AvgIpc) is 3.08. The third-order valence-electron chi connectivity index (χ3n) is 8.47. The van der Waals surface area contributed by atoms with Gasteiger partial charge in [-0.3, -0.25) is 0 Å². The minimum Gasteiger partial charge on any atom is -0.311 e. The number of aryl methyl sites for hydroxylation is 2. The van der Waals surface area contributed by atoms with E-state index in [-0.39, 0.29) is 0 Å². The Morgan fingerprint density at radius 3 is 1.30 bits per heavy atom. The second kappa shape index (κ2) is 13.4. The van der Waals surface area contributed by atoms with Crippen molar-refractivity contribution < 1.29 is 0 Å². The lowest BCUT2D eigenvalue weighted by molar-refractivity contribution is 0.687. The molecule has 0 bridgehead atoms. The van der Waals surface area contributed by atoms with Gasteiger partial charge in [-0.05, 0) is 141 Å². The Hall–Kier alpha value is -5.01. The van der Waals surface area contributed by atoms with Gasteiger partial charge in [0.05, 0.1) is 11.5 Å². The normalized spacial score (nSPS) is 11.2. The zero-order chi connectivity index (χ0) is 33.1. The number of nitriles is 1. The Balaban J connectivity index is 1.33. The number of nitrogens with zero attached hydrogens (tertiary/aromatic N) is 3. The molecule has 6 rings (SSSR count). The van der Waals surface area contributed by atoms with Gasteiger partial charge in [0.25, 0.3) is 0 Å². The van der Waals surface area contributed by atoms with E-state index < -0.39 is 5.41 Å². The maximum atomic E-state index is 9.62. The van der Waals surface area contributed by atoms with Gasteiger partial charge in [0, 0.05) is 44.2 Å². The van der Waals surface area contributed by atoms with Gasteiger partial charge in [-0.1, -0.05) is 77.3 Å². The van der Waals surface area contributed by atoms with Crippen LogP contribution in [0.15, 0.2) is 140 Å². The van der Waals surface area contributed by atoms with Gasteiger partial charge in [0.2, 0.25) is 0 Å². The van der Waals surface area contributed by atoms with Crippen molar-refractivity contribution in [2.24, 2.45) is 0 Å². The third-order valence-corrected chi connectivity index (χ3v) is 8.98. The van der Waals surface area contributed by atoms with Crippen LogP contribution in [0.25, 0.3) is 11.1 Å². The van der Waals surface area contributed by atoms with Crippen LogP contribution >= 0.6 is 23.2 Å². The number of benzene rings is 6. The fourth-order valence-corrected chi connectivity index (χ4v) is 6.06. The van der Waals surface area contributed by atoms with Crippen molar-refractivity contribution in [3.05, 3.63) is 166 Å². The first-order valence-electron chi connectivity index (χ1n) is 15.5. The number of hydrogen-bond acceptors (Lipinski definition) is 3. The molecule has 5 heteroatoms. The molecular weight excluding hydrogens is 617 g/mol. The predicted octanol–water partition coefficient (Wildman–Crippen LogP) is 13.0. The molecule has 0 fully saturated rings. The highest BCUT2D eigenvalue weighted by Crippen LogP contribution is 2.40. The minimum absolute atomic E-state index is 0.564. The van der Waals surface area contributed by atoms with Gasteiger partial charge < -0.3 is 9.80 Å². The molecule has 0 aliphatic carbocycles. The summed E-state index contributed by atoms with van der Waals surface area (Å²) in [5.74, 6) is 0. The Morgan fingerprint density at radius 1 is 0.511 bits per heavy atom. The Kier molecular flexibility index (Phi) is 9.10. The summed E-state index contributed by atoms with van der Waals surface area (Å²) in [6, 6.07) is 50.2. The summed E-state index contributed by atoms with van der Waals surface area (Å²) in [6.07, 6.45) is 0. The summed E-state index contributed by atoms with van der Waals surface area (Å²) in [7, 11) is 0. The molecule has 0 atom stereocenters. The largest absolute Gasteiger partial charge is 0.311 e. The number of anilines is 6. The summed E-state index contributed by atoms with van der Waals surface area (Å²) < 4.78 is 0. The molecule has 0 N–H and O–H groups in total. The van der Waals surface area contributed by atoms with Crippen LogP contribution in [0.1, 0.15) is 30.5 Å². The average molecular weight is 653 g/mol. The van der Waals surface area contributed by atoms with Crippen molar-refractivity contribution in [3.63, 3.8) is 0 Å². The topological polar surface area (TPSA) is 30.3 Å². The van der Waals surface area contributed by atoms with Crippen LogP contribution in [0.2, 0.25) is 10.0 Å². The molecule has 0 aromatic heterocycles. The maximum absolute atomic E-state index is 9.62. The van der Waals surface area contributed by atoms with E-state index in [2.05, 4.69) is 121 Å². The smallest absolute Gasteiger partial charge is 0.0766 e. The van der Waals surface area contributed by atoms with Gasteiger partial charge in [0.15, 0.2) is 0 Å². The van der Waals surface area contributed by atoms with Crippen molar-refractivity contribution in [1.82, 2.24) is 0 Å². The first-order chi connectivity index (χ1) is 22.6. The van der Waals surface area contributed by atoms with Crippen molar-refractivity contribution in [3.8, 4) is 17.2 Å². The zero-order valence-electron chi connectivity index (χ0n) is 26.9. The Labute approximate surface area is 287 Å². The highest BCUT2D eigenvalue weighted by atomic mass is 35.5. The number of halogens is 2. The van der Waals surface area contributed by atoms with E-state index in [9.17, 15) is 5.26 Å². The van der Waals surface area contributed by atoms with E-state index in [1.807, 2.05) is 62.4 Å². The van der Waals surface area contributed by atoms with Gasteiger partial charge in [-0.2, -0.15) is 5.26 Å². The molecule has 0 radical (unpaired) electrons. The van der Waals surface area contributed by atoms with Crippen molar-refractivity contribution in [1.29, 1.82) is 5.26 Å². The van der Waals surface area contributed by atoms with Crippen LogP contribution in [0.3, 0.4) is 0 Å². The molecule has 47 heavy (non-hydrogen) atoms. The maximum Gasteiger partial charge on any atom is 0.0766 e. The summed E-state index contributed by atoms with van der Waals surface area (Å²) in [5.41, 5.74) is 11.3. The van der Waals surface area contributed by atoms with Crippen LogP contribution < -0.4 is 9.80 Å². The van der Waals surface area contributed by atoms with E-state index in [0.717, 1.165) is 50.8 Å². The molecule has 6 aromatic carbocycles. The van der Waals surface area contributed by atoms with Gasteiger partial charge >= 0.3 is 0 Å². The zero-order valence-corrected chi connectivity index (χ0v) is 28.4. The fourth-order valence-electron chi connectivity index (χ4n) is 5.81. The summed E-state index contributed by atoms with van der Waals surface area (Å²) in [6.45, 7) is 8.13. The first kappa shape index (κ1) is 32.0. The highest BCUT2D eigenvalue weighted by molar-refractivity contribution is 6.31. The SMILES string of the molecule is Cc1ccc(N(c2ccc(Cl)cc2)c2ccc(-c3ccc(N(c4ccc(Cl)cc4)c4ccc(C(C)(C)C#N)cc4)cc3)cc2)c(C)c1. The molecule has 0 saturated heterocycles. The number of rotatable bonds is 8. The van der Waals surface area contributed by atoms with Crippen LogP contribution in [-0.2, 0) is 5.41 Å². The van der Waals surface area contributed by atoms with Crippen LogP contribution in [0.5, 0.6) is 0 Å². The van der Waals surface area contributed by atoms with E-state index >= 15 is 0 Å². The lowest BCUT2D eigenvalue weighted by Gasteiger charge is -2.27. The molecule has 0 saturated carbocycles. The molecule has 6 aromatic rings. The Morgan fingerprint density at radius 2 is 0.894 bits per heavy atom. The molecular formula is C42H35Cl2N3. The number of hydrogen-bond donors (Lipinski definition) is 0. The predicted molar refractivity (Wildman–Crippen MR) is 199 cm³/mol. The molecule has 0 amide bonds. The van der Waals surface area contributed by atoms with Gasteiger partial charge in [-0.15, -0.1) is 0 Å². The fraction of sp³-hybridized carbons (Fsp3) is 0.119. The molecule has 232 valence electrons. The van der Waals surface area contributed by atoms with E-state index in [1.165, 1.54) is 11.1 Å². The van der Waals surface area contributed by atoms with Crippen molar-refractivity contribution in [2.75, 3.05) is 9.80 Å². The first-order valence-corrected chi connectivity index (χ1v) is 16.3. The highest BCUT2D eigenvalue weighted by Gasteiger charge is 2.21. The quantitative estimate of drug-likeness (QED) is 0.164. The van der Waals surface area contributed by atoms with E-state index in [1.54, 1.807) is 0 Å². The molecule has 0 unspecified atom stereocenters. The molecule has 0 spiro atoms. The second-order valence-electron chi connectivity index (χ2n) is 12.3. The van der Waals surface area contributed by atoms with E-state index in [0.29, 0.717) is 10.0 Å². The third kappa shape index (κ3) is 6.91. The lowest BCUT2D eigenvalue weighted by atomic mass is 9.86. The molecule has 0 heterocycles. The summed E-state index contributed by atoms with van der Waals surface area (Å²) in [4.78, 5) is 4.46. The van der Waals surface area contributed by atoms with Gasteiger partial charge in [0.1, 0.15) is 0 Å². The van der Waals surface area contributed by atoms with E-state index in [4.69, 9.17) is 23.2 Å². The van der Waals surface area contributed by atoms with Crippen molar-refractivity contribution >= 4 is 57.3 Å². The Bertz CT molecular complexity index is 2020. The molecule has 0 aliphatic rings. The standard InChI is InChI=1S/C42H35Cl2N3/c1-29-5-26-41(30(2)27-29)47(40-24-14-35(44)15-25-40)39-18-8-32(9-19-39)31-6-16-36(17-7-31)46(38-22-12-34(43)13-23-38)37-20-10-33(11-21-37)42(3,4)28-45/h5-27H,1-4H3.